The summed E-state index contributed by atoms with van der Waals surface area (Å²) in [7, 11) is 0. The van der Waals surface area contributed by atoms with Crippen LogP contribution >= 0.6 is 11.6 Å². The van der Waals surface area contributed by atoms with Crippen molar-refractivity contribution in [2.75, 3.05) is 0 Å². The lowest BCUT2D eigenvalue weighted by Crippen LogP contribution is -2.26. The second kappa shape index (κ2) is 4.82. The maximum atomic E-state index is 10.8. The fraction of sp³-hybridized carbons (Fsp3) is 0.562. The maximum absolute atomic E-state index is 10.8. The van der Waals surface area contributed by atoms with Gasteiger partial charge in [0.05, 0.1) is 6.42 Å². The number of hydrogen-bond donors (Lipinski definition) is 1. The third-order valence-electron chi connectivity index (χ3n) is 4.80. The molecule has 0 heterocycles. The van der Waals surface area contributed by atoms with Crippen LogP contribution in [0.25, 0.3) is 0 Å². The number of carboxylic acids is 1. The lowest BCUT2D eigenvalue weighted by atomic mass is 9.70. The molecular formula is C16H19ClO2. The van der Waals surface area contributed by atoms with Gasteiger partial charge in [-0.05, 0) is 53.9 Å². The van der Waals surface area contributed by atoms with Crippen molar-refractivity contribution in [2.24, 2.45) is 0 Å². The quantitative estimate of drug-likeness (QED) is 0.884. The van der Waals surface area contributed by atoms with Gasteiger partial charge in [0, 0.05) is 5.02 Å². The van der Waals surface area contributed by atoms with Crippen LogP contribution in [0, 0.1) is 0 Å². The molecule has 0 bridgehead atoms. The van der Waals surface area contributed by atoms with E-state index < -0.39 is 5.97 Å². The van der Waals surface area contributed by atoms with E-state index in [-0.39, 0.29) is 6.42 Å². The fourth-order valence-electron chi connectivity index (χ4n) is 4.02. The molecule has 19 heavy (non-hydrogen) atoms. The van der Waals surface area contributed by atoms with Crippen LogP contribution in [0.1, 0.15) is 55.2 Å². The van der Waals surface area contributed by atoms with E-state index in [0.29, 0.717) is 5.41 Å². The van der Waals surface area contributed by atoms with E-state index in [9.17, 15) is 4.79 Å². The van der Waals surface area contributed by atoms with Gasteiger partial charge in [-0.3, -0.25) is 4.79 Å². The van der Waals surface area contributed by atoms with Gasteiger partial charge in [-0.2, -0.15) is 0 Å². The van der Waals surface area contributed by atoms with Crippen molar-refractivity contribution >= 4 is 17.6 Å². The number of halogens is 1. The summed E-state index contributed by atoms with van der Waals surface area (Å²) in [5.41, 5.74) is 3.77. The van der Waals surface area contributed by atoms with Crippen LogP contribution in [0.3, 0.4) is 0 Å². The highest BCUT2D eigenvalue weighted by Gasteiger charge is 2.41. The third-order valence-corrected chi connectivity index (χ3v) is 5.10. The van der Waals surface area contributed by atoms with E-state index >= 15 is 0 Å². The van der Waals surface area contributed by atoms with Gasteiger partial charge in [0.2, 0.25) is 0 Å². The van der Waals surface area contributed by atoms with Crippen LogP contribution in [0.4, 0.5) is 0 Å². The minimum Gasteiger partial charge on any atom is -0.481 e. The Morgan fingerprint density at radius 3 is 2.63 bits per heavy atom. The van der Waals surface area contributed by atoms with Crippen molar-refractivity contribution in [3.63, 3.8) is 0 Å². The predicted octanol–water partition coefficient (Wildman–Crippen LogP) is 4.12. The minimum absolute atomic E-state index is 0.0694. The summed E-state index contributed by atoms with van der Waals surface area (Å²) < 4.78 is 0. The molecule has 0 aromatic heterocycles. The third kappa shape index (κ3) is 2.27. The first kappa shape index (κ1) is 13.0. The van der Waals surface area contributed by atoms with E-state index in [0.717, 1.165) is 17.0 Å². The molecule has 1 aromatic carbocycles. The molecule has 1 aromatic rings. The van der Waals surface area contributed by atoms with Crippen molar-refractivity contribution in [1.82, 2.24) is 0 Å². The number of fused-ring (bicyclic) bond motifs is 2. The molecule has 0 unspecified atom stereocenters. The molecule has 2 aliphatic rings. The summed E-state index contributed by atoms with van der Waals surface area (Å²) in [6.07, 6.45) is 8.75. The maximum Gasteiger partial charge on any atom is 0.307 e. The predicted molar refractivity (Wildman–Crippen MR) is 75.9 cm³/mol. The van der Waals surface area contributed by atoms with Gasteiger partial charge in [-0.15, -0.1) is 0 Å². The monoisotopic (exact) mass is 278 g/mol. The molecule has 1 spiro atoms. The highest BCUT2D eigenvalue weighted by molar-refractivity contribution is 6.31. The van der Waals surface area contributed by atoms with Gasteiger partial charge in [0.25, 0.3) is 0 Å². The zero-order chi connectivity index (χ0) is 13.5. The fourth-order valence-corrected chi connectivity index (χ4v) is 4.48. The Morgan fingerprint density at radius 1 is 1.21 bits per heavy atom. The average molecular weight is 279 g/mol. The van der Waals surface area contributed by atoms with Crippen LogP contribution in [0.2, 0.25) is 5.02 Å². The number of rotatable bonds is 2. The Bertz CT molecular complexity index is 516. The summed E-state index contributed by atoms with van der Waals surface area (Å²) in [5, 5.41) is 9.70. The number of benzene rings is 1. The van der Waals surface area contributed by atoms with E-state index in [1.807, 2.05) is 6.07 Å². The highest BCUT2D eigenvalue weighted by atomic mass is 35.5. The standard InChI is InChI=1S/C16H19ClO2/c17-13-9-11(10-14(18)19)8-12-4-7-16(15(12)13)5-2-1-3-6-16/h8-9H,1-7,10H2,(H,18,19). The molecule has 3 heteroatoms. The van der Waals surface area contributed by atoms with Gasteiger partial charge in [0.1, 0.15) is 0 Å². The van der Waals surface area contributed by atoms with Crippen molar-refractivity contribution < 1.29 is 9.90 Å². The molecule has 0 amide bonds. The summed E-state index contributed by atoms with van der Waals surface area (Å²) >= 11 is 6.49. The Morgan fingerprint density at radius 2 is 1.95 bits per heavy atom. The van der Waals surface area contributed by atoms with E-state index in [1.54, 1.807) is 0 Å². The normalized spacial score (nSPS) is 20.5. The van der Waals surface area contributed by atoms with Crippen molar-refractivity contribution in [2.45, 2.75) is 56.8 Å². The second-order valence-electron chi connectivity index (χ2n) is 6.02. The smallest absolute Gasteiger partial charge is 0.307 e. The van der Waals surface area contributed by atoms with E-state index in [4.69, 9.17) is 16.7 Å². The lowest BCUT2D eigenvalue weighted by molar-refractivity contribution is -0.136. The van der Waals surface area contributed by atoms with Gasteiger partial charge in [-0.1, -0.05) is 36.9 Å². The SMILES string of the molecule is O=C(O)Cc1cc(Cl)c2c(c1)CCC21CCCCC1. The van der Waals surface area contributed by atoms with Gasteiger partial charge >= 0.3 is 5.97 Å². The Balaban J connectivity index is 2.00. The van der Waals surface area contributed by atoms with Crippen LogP contribution in [-0.4, -0.2) is 11.1 Å². The highest BCUT2D eigenvalue weighted by Crippen LogP contribution is 2.51. The van der Waals surface area contributed by atoms with Crippen LogP contribution in [0.15, 0.2) is 12.1 Å². The molecule has 1 saturated carbocycles. The zero-order valence-electron chi connectivity index (χ0n) is 11.0. The molecule has 3 rings (SSSR count). The van der Waals surface area contributed by atoms with Crippen molar-refractivity contribution in [3.05, 3.63) is 33.8 Å². The molecule has 2 nitrogen and oxygen atoms in total. The van der Waals surface area contributed by atoms with Gasteiger partial charge < -0.3 is 5.11 Å². The minimum atomic E-state index is -0.790. The molecular weight excluding hydrogens is 260 g/mol. The number of carbonyl (C=O) groups is 1. The Kier molecular flexibility index (Phi) is 3.30. The second-order valence-corrected chi connectivity index (χ2v) is 6.43. The van der Waals surface area contributed by atoms with Crippen LogP contribution in [-0.2, 0) is 23.1 Å². The van der Waals surface area contributed by atoms with Crippen molar-refractivity contribution in [1.29, 1.82) is 0 Å². The molecule has 0 aliphatic heterocycles. The molecule has 0 saturated heterocycles. The van der Waals surface area contributed by atoms with E-state index in [1.165, 1.54) is 49.7 Å². The number of hydrogen-bond acceptors (Lipinski definition) is 1. The zero-order valence-corrected chi connectivity index (χ0v) is 11.8. The molecule has 102 valence electrons. The summed E-state index contributed by atoms with van der Waals surface area (Å²) in [5.74, 6) is -0.790. The molecule has 1 fully saturated rings. The van der Waals surface area contributed by atoms with Gasteiger partial charge in [-0.25, -0.2) is 0 Å². The van der Waals surface area contributed by atoms with Crippen LogP contribution in [0.5, 0.6) is 0 Å². The largest absolute Gasteiger partial charge is 0.481 e. The molecule has 0 atom stereocenters. The summed E-state index contributed by atoms with van der Waals surface area (Å²) in [6.45, 7) is 0. The Labute approximate surface area is 118 Å². The number of aliphatic carboxylic acids is 1. The first-order valence-electron chi connectivity index (χ1n) is 7.14. The van der Waals surface area contributed by atoms with Crippen LogP contribution < -0.4 is 0 Å². The molecule has 2 aliphatic carbocycles. The van der Waals surface area contributed by atoms with Gasteiger partial charge in [0.15, 0.2) is 0 Å². The Hall–Kier alpha value is -1.02. The first-order valence-corrected chi connectivity index (χ1v) is 7.52. The molecule has 0 radical (unpaired) electrons. The number of aryl methyl sites for hydroxylation is 1. The van der Waals surface area contributed by atoms with Crippen molar-refractivity contribution in [3.8, 4) is 0 Å². The topological polar surface area (TPSA) is 37.3 Å². The lowest BCUT2D eigenvalue weighted by Gasteiger charge is -2.35. The molecule has 1 N–H and O–H groups in total. The summed E-state index contributed by atoms with van der Waals surface area (Å²) in [4.78, 5) is 10.8. The first-order chi connectivity index (χ1) is 9.11. The van der Waals surface area contributed by atoms with E-state index in [2.05, 4.69) is 6.07 Å². The summed E-state index contributed by atoms with van der Waals surface area (Å²) in [6, 6.07) is 3.94. The average Bonchev–Trinajstić information content (AvgIpc) is 2.68. The number of carboxylic acid groups (broad SMARTS) is 1.